The number of nitrogens with one attached hydrogen (secondary N) is 1. The maximum Gasteiger partial charge on any atom is 0.234 e. The number of aromatic nitrogens is 3. The van der Waals surface area contributed by atoms with Gasteiger partial charge in [-0.1, -0.05) is 47.6 Å². The van der Waals surface area contributed by atoms with E-state index in [4.69, 9.17) is 25.8 Å². The van der Waals surface area contributed by atoms with Crippen LogP contribution in [0.15, 0.2) is 71.9 Å². The molecule has 0 atom stereocenters. The molecule has 4 aromatic rings. The molecule has 0 fully saturated rings. The summed E-state index contributed by atoms with van der Waals surface area (Å²) in [5.74, 6) is 2.29. The lowest BCUT2D eigenvalue weighted by molar-refractivity contribution is -0.113. The number of hydrogen-bond donors (Lipinski definition) is 1. The number of thioether (sulfide) groups is 1. The van der Waals surface area contributed by atoms with Crippen LogP contribution in [-0.2, 0) is 11.4 Å². The van der Waals surface area contributed by atoms with Gasteiger partial charge in [-0.15, -0.1) is 10.2 Å². The van der Waals surface area contributed by atoms with Gasteiger partial charge >= 0.3 is 0 Å². The van der Waals surface area contributed by atoms with Crippen molar-refractivity contribution in [3.05, 3.63) is 83.1 Å². The van der Waals surface area contributed by atoms with Crippen molar-refractivity contribution < 1.29 is 19.0 Å². The molecule has 3 aromatic carbocycles. The number of rotatable bonds is 11. The molecule has 192 valence electrons. The minimum atomic E-state index is -0.230. The van der Waals surface area contributed by atoms with Crippen LogP contribution >= 0.6 is 23.4 Å². The van der Waals surface area contributed by atoms with Gasteiger partial charge in [0, 0.05) is 10.7 Å². The van der Waals surface area contributed by atoms with Gasteiger partial charge in [0.15, 0.2) is 22.5 Å². The van der Waals surface area contributed by atoms with Gasteiger partial charge in [0.25, 0.3) is 0 Å². The van der Waals surface area contributed by atoms with E-state index in [1.807, 2.05) is 66.9 Å². The zero-order valence-corrected chi connectivity index (χ0v) is 22.3. The second kappa shape index (κ2) is 12.5. The lowest BCUT2D eigenvalue weighted by atomic mass is 10.2. The summed E-state index contributed by atoms with van der Waals surface area (Å²) in [5, 5.41) is 12.6. The van der Waals surface area contributed by atoms with Crippen molar-refractivity contribution in [3.8, 4) is 22.9 Å². The second-order valence-corrected chi connectivity index (χ2v) is 9.30. The quantitative estimate of drug-likeness (QED) is 0.236. The summed E-state index contributed by atoms with van der Waals surface area (Å²) in [7, 11) is 1.54. The first-order chi connectivity index (χ1) is 18.0. The van der Waals surface area contributed by atoms with Gasteiger partial charge in [-0.05, 0) is 61.9 Å². The van der Waals surface area contributed by atoms with E-state index in [2.05, 4.69) is 15.5 Å². The van der Waals surface area contributed by atoms with Crippen molar-refractivity contribution in [3.63, 3.8) is 0 Å². The third kappa shape index (κ3) is 6.75. The molecule has 0 aliphatic carbocycles. The number of ether oxygens (including phenoxy) is 3. The number of nitrogens with zero attached hydrogens (tertiary/aromatic N) is 3. The highest BCUT2D eigenvalue weighted by molar-refractivity contribution is 7.99. The number of anilines is 1. The third-order valence-corrected chi connectivity index (χ3v) is 6.40. The first-order valence-corrected chi connectivity index (χ1v) is 13.0. The van der Waals surface area contributed by atoms with E-state index in [0.29, 0.717) is 45.5 Å². The van der Waals surface area contributed by atoms with Crippen LogP contribution in [0.25, 0.3) is 5.69 Å². The van der Waals surface area contributed by atoms with Crippen molar-refractivity contribution >= 4 is 35.0 Å². The van der Waals surface area contributed by atoms with Crippen LogP contribution < -0.4 is 19.5 Å². The standard InChI is InChI=1S/C27H27ClN4O4S/c1-4-35-24-14-18(2)10-12-23(24)36-16-25-30-31-27(32(25)20-8-6-5-7-9-20)37-17-26(33)29-21-15-19(28)11-13-22(21)34-3/h5-15H,4,16-17H2,1-3H3,(H,29,33). The Morgan fingerprint density at radius 2 is 1.78 bits per heavy atom. The highest BCUT2D eigenvalue weighted by Gasteiger charge is 2.18. The summed E-state index contributed by atoms with van der Waals surface area (Å²) in [5.41, 5.74) is 2.44. The van der Waals surface area contributed by atoms with Gasteiger partial charge < -0.3 is 19.5 Å². The van der Waals surface area contributed by atoms with E-state index in [-0.39, 0.29) is 18.3 Å². The number of carbonyl (C=O) groups is 1. The Labute approximate surface area is 224 Å². The minimum absolute atomic E-state index is 0.105. The van der Waals surface area contributed by atoms with E-state index in [1.165, 1.54) is 18.9 Å². The van der Waals surface area contributed by atoms with Crippen LogP contribution in [0.1, 0.15) is 18.3 Å². The van der Waals surface area contributed by atoms with Crippen molar-refractivity contribution in [2.24, 2.45) is 0 Å². The Bertz CT molecular complexity index is 1360. The van der Waals surface area contributed by atoms with Gasteiger partial charge in [0.05, 0.1) is 25.2 Å². The van der Waals surface area contributed by atoms with Crippen LogP contribution in [0.5, 0.6) is 17.2 Å². The topological polar surface area (TPSA) is 87.5 Å². The van der Waals surface area contributed by atoms with Gasteiger partial charge in [-0.3, -0.25) is 9.36 Å². The highest BCUT2D eigenvalue weighted by Crippen LogP contribution is 2.31. The number of aryl methyl sites for hydroxylation is 1. The summed E-state index contributed by atoms with van der Waals surface area (Å²) in [6.07, 6.45) is 0. The smallest absolute Gasteiger partial charge is 0.234 e. The van der Waals surface area contributed by atoms with Crippen molar-refractivity contribution in [1.82, 2.24) is 14.8 Å². The van der Waals surface area contributed by atoms with Crippen LogP contribution in [0.2, 0.25) is 5.02 Å². The third-order valence-electron chi connectivity index (χ3n) is 5.24. The van der Waals surface area contributed by atoms with Gasteiger partial charge in [0.1, 0.15) is 12.4 Å². The average molecular weight is 539 g/mol. The van der Waals surface area contributed by atoms with Crippen LogP contribution in [0, 0.1) is 6.92 Å². The molecule has 0 unspecified atom stereocenters. The number of carbonyl (C=O) groups excluding carboxylic acids is 1. The molecule has 0 spiro atoms. The van der Waals surface area contributed by atoms with Crippen molar-refractivity contribution in [2.45, 2.75) is 25.6 Å². The van der Waals surface area contributed by atoms with E-state index in [1.54, 1.807) is 18.2 Å². The molecule has 37 heavy (non-hydrogen) atoms. The minimum Gasteiger partial charge on any atom is -0.495 e. The van der Waals surface area contributed by atoms with Crippen LogP contribution in [0.4, 0.5) is 5.69 Å². The maximum atomic E-state index is 12.7. The summed E-state index contributed by atoms with van der Waals surface area (Å²) < 4.78 is 19.0. The Morgan fingerprint density at radius 1 is 1.00 bits per heavy atom. The molecule has 1 heterocycles. The Hall–Kier alpha value is -3.69. The summed E-state index contributed by atoms with van der Waals surface area (Å²) >= 11 is 7.34. The molecular formula is C27H27ClN4O4S. The number of halogens is 1. The second-order valence-electron chi connectivity index (χ2n) is 7.92. The predicted octanol–water partition coefficient (Wildman–Crippen LogP) is 5.95. The monoisotopic (exact) mass is 538 g/mol. The normalized spacial score (nSPS) is 10.7. The van der Waals surface area contributed by atoms with Crippen LogP contribution in [-0.4, -0.2) is 40.1 Å². The summed E-state index contributed by atoms with van der Waals surface area (Å²) in [4.78, 5) is 12.7. The predicted molar refractivity (Wildman–Crippen MR) is 145 cm³/mol. The molecule has 0 bridgehead atoms. The summed E-state index contributed by atoms with van der Waals surface area (Å²) in [6.45, 7) is 4.63. The molecule has 10 heteroatoms. The van der Waals surface area contributed by atoms with E-state index >= 15 is 0 Å². The molecule has 1 N–H and O–H groups in total. The fourth-order valence-corrected chi connectivity index (χ4v) is 4.51. The number of amides is 1. The first-order valence-electron chi connectivity index (χ1n) is 11.6. The largest absolute Gasteiger partial charge is 0.495 e. The number of hydrogen-bond acceptors (Lipinski definition) is 7. The fraction of sp³-hybridized carbons (Fsp3) is 0.222. The first kappa shape index (κ1) is 26.4. The van der Waals surface area contributed by atoms with E-state index < -0.39 is 0 Å². The number of methoxy groups -OCH3 is 1. The van der Waals surface area contributed by atoms with Crippen molar-refractivity contribution in [1.29, 1.82) is 0 Å². The fourth-order valence-electron chi connectivity index (χ4n) is 3.56. The Kier molecular flexibility index (Phi) is 8.92. The molecule has 4 rings (SSSR count). The molecule has 0 saturated heterocycles. The van der Waals surface area contributed by atoms with Gasteiger partial charge in [-0.2, -0.15) is 0 Å². The number of benzene rings is 3. The number of para-hydroxylation sites is 1. The van der Waals surface area contributed by atoms with E-state index in [0.717, 1.165) is 11.3 Å². The molecule has 0 saturated carbocycles. The lowest BCUT2D eigenvalue weighted by Gasteiger charge is -2.14. The molecular weight excluding hydrogens is 512 g/mol. The molecule has 8 nitrogen and oxygen atoms in total. The van der Waals surface area contributed by atoms with E-state index in [9.17, 15) is 4.79 Å². The van der Waals surface area contributed by atoms with Crippen LogP contribution in [0.3, 0.4) is 0 Å². The molecule has 1 aromatic heterocycles. The average Bonchev–Trinajstić information content (AvgIpc) is 3.30. The molecule has 0 radical (unpaired) electrons. The Balaban J connectivity index is 1.52. The lowest BCUT2D eigenvalue weighted by Crippen LogP contribution is -2.15. The zero-order valence-electron chi connectivity index (χ0n) is 20.7. The van der Waals surface area contributed by atoms with Gasteiger partial charge in [-0.25, -0.2) is 0 Å². The molecule has 0 aliphatic rings. The van der Waals surface area contributed by atoms with Gasteiger partial charge in [0.2, 0.25) is 5.91 Å². The van der Waals surface area contributed by atoms with Crippen molar-refractivity contribution in [2.75, 3.05) is 24.8 Å². The Morgan fingerprint density at radius 3 is 2.54 bits per heavy atom. The maximum absolute atomic E-state index is 12.7. The SMILES string of the molecule is CCOc1cc(C)ccc1OCc1nnc(SCC(=O)Nc2cc(Cl)ccc2OC)n1-c1ccccc1. The summed E-state index contributed by atoms with van der Waals surface area (Å²) in [6, 6.07) is 20.5. The molecule has 1 amide bonds. The zero-order chi connectivity index (χ0) is 26.2. The molecule has 0 aliphatic heterocycles. The highest BCUT2D eigenvalue weighted by atomic mass is 35.5.